The number of carbonyl (C=O) groups excluding carboxylic acids is 5. The van der Waals surface area contributed by atoms with Crippen molar-refractivity contribution < 1.29 is 33.8 Å². The number of aliphatic hydroxyl groups is 1. The number of nitrogens with one attached hydrogen (secondary N) is 3. The molecule has 53 heavy (non-hydrogen) atoms. The van der Waals surface area contributed by atoms with Crippen LogP contribution in [0.5, 0.6) is 0 Å². The number of aryl methyl sites for hydroxylation is 1. The van der Waals surface area contributed by atoms with E-state index in [4.69, 9.17) is 10.5 Å². The number of nitrogens with zero attached hydrogens (tertiary/aromatic N) is 1. The average molecular weight is 848 g/mol. The number of primary amides is 1. The summed E-state index contributed by atoms with van der Waals surface area (Å²) in [5, 5.41) is 19.6. The molecule has 1 fully saturated rings. The van der Waals surface area contributed by atoms with Crippen LogP contribution in [0.15, 0.2) is 60.7 Å². The van der Waals surface area contributed by atoms with Crippen molar-refractivity contribution in [1.82, 2.24) is 20.9 Å². The van der Waals surface area contributed by atoms with E-state index >= 15 is 0 Å². The number of benzene rings is 2. The van der Waals surface area contributed by atoms with Crippen molar-refractivity contribution in [3.8, 4) is 0 Å². The normalized spacial score (nSPS) is 17.5. The maximum absolute atomic E-state index is 14.4. The number of hydrogen-bond acceptors (Lipinski definition) is 8. The summed E-state index contributed by atoms with van der Waals surface area (Å²) in [6.45, 7) is 11.4. The monoisotopic (exact) mass is 847 g/mol. The quantitative estimate of drug-likeness (QED) is 0.0939. The van der Waals surface area contributed by atoms with Crippen LogP contribution in [0.25, 0.3) is 0 Å². The highest BCUT2D eigenvalue weighted by molar-refractivity contribution is 14.1. The number of morpholine rings is 1. The van der Waals surface area contributed by atoms with Crippen molar-refractivity contribution in [2.75, 3.05) is 37.3 Å². The third-order valence-electron chi connectivity index (χ3n) is 9.48. The number of rotatable bonds is 21. The van der Waals surface area contributed by atoms with Crippen molar-refractivity contribution in [3.63, 3.8) is 0 Å². The fraction of sp³-hybridized carbons (Fsp3) is 0.575. The van der Waals surface area contributed by atoms with Crippen LogP contribution in [0, 0.1) is 11.8 Å². The average Bonchev–Trinajstić information content (AvgIpc) is 3.12. The molecule has 6 N–H and O–H groups in total. The minimum atomic E-state index is -1.71. The molecule has 292 valence electrons. The highest BCUT2D eigenvalue weighted by Gasteiger charge is 2.45. The maximum atomic E-state index is 14.4. The van der Waals surface area contributed by atoms with E-state index in [1.807, 2.05) is 85.5 Å². The van der Waals surface area contributed by atoms with Crippen LogP contribution >= 0.6 is 22.6 Å². The Kier molecular flexibility index (Phi) is 17.3. The fourth-order valence-electron chi connectivity index (χ4n) is 6.71. The molecule has 12 nitrogen and oxygen atoms in total. The van der Waals surface area contributed by atoms with E-state index in [0.29, 0.717) is 38.3 Å². The number of hydrogen-bond donors (Lipinski definition) is 5. The Morgan fingerprint density at radius 2 is 1.47 bits per heavy atom. The van der Waals surface area contributed by atoms with Crippen molar-refractivity contribution in [2.24, 2.45) is 17.6 Å². The molecule has 1 aliphatic rings. The second kappa shape index (κ2) is 20.9. The Morgan fingerprint density at radius 1 is 0.868 bits per heavy atom. The van der Waals surface area contributed by atoms with Crippen LogP contribution in [0.2, 0.25) is 0 Å². The number of alkyl halides is 1. The van der Waals surface area contributed by atoms with Gasteiger partial charge in [0.05, 0.1) is 31.7 Å². The summed E-state index contributed by atoms with van der Waals surface area (Å²) >= 11 is 1.94. The smallest absolute Gasteiger partial charge is 0.243 e. The molecule has 0 spiro atoms. The van der Waals surface area contributed by atoms with Crippen LogP contribution in [0.4, 0.5) is 0 Å². The summed E-state index contributed by atoms with van der Waals surface area (Å²) in [5.74, 6) is -3.94. The van der Waals surface area contributed by atoms with Gasteiger partial charge in [0.2, 0.25) is 23.6 Å². The number of ether oxygens (including phenoxy) is 1. The van der Waals surface area contributed by atoms with Crippen molar-refractivity contribution in [3.05, 3.63) is 71.8 Å². The second-order valence-corrected chi connectivity index (χ2v) is 16.0. The van der Waals surface area contributed by atoms with Crippen LogP contribution in [0.1, 0.15) is 77.3 Å². The summed E-state index contributed by atoms with van der Waals surface area (Å²) in [6.07, 6.45) is 0.914. The molecule has 13 heteroatoms. The van der Waals surface area contributed by atoms with Gasteiger partial charge in [0.1, 0.15) is 17.2 Å². The third-order valence-corrected chi connectivity index (χ3v) is 11.0. The molecule has 0 bridgehead atoms. The minimum Gasteiger partial charge on any atom is -0.381 e. The second-order valence-electron chi connectivity index (χ2n) is 15.2. The lowest BCUT2D eigenvalue weighted by Gasteiger charge is -2.38. The topological polar surface area (TPSA) is 180 Å². The number of Topliss-reactive ketones (excluding diaryl/α,β-unsaturated/α-hetero) is 1. The number of ketones is 1. The first-order valence-corrected chi connectivity index (χ1v) is 20.0. The molecule has 1 saturated heterocycles. The first-order valence-electron chi connectivity index (χ1n) is 18.5. The lowest BCUT2D eigenvalue weighted by atomic mass is 9.77. The molecule has 0 aromatic heterocycles. The summed E-state index contributed by atoms with van der Waals surface area (Å²) in [6, 6.07) is 16.4. The Morgan fingerprint density at radius 3 is 2.02 bits per heavy atom. The summed E-state index contributed by atoms with van der Waals surface area (Å²) in [7, 11) is 0. The van der Waals surface area contributed by atoms with E-state index in [9.17, 15) is 29.1 Å². The molecule has 1 heterocycles. The van der Waals surface area contributed by atoms with Gasteiger partial charge in [0, 0.05) is 17.5 Å². The molecule has 1 unspecified atom stereocenters. The molecule has 5 atom stereocenters. The zero-order valence-corrected chi connectivity index (χ0v) is 33.9. The number of nitrogens with two attached hydrogens (primary N) is 1. The van der Waals surface area contributed by atoms with Gasteiger partial charge in [-0.05, 0) is 62.0 Å². The Labute approximate surface area is 327 Å². The SMILES string of the molecule is CC(C)C[C@H](NC(=O)[C@@H](CC(CC(C)C)(NC(=O)[C@H](CCc1ccccc1)NC(=O)CN1CCOCC1)C(N)=O)c1ccccc1)C(=O)[C@](C)(O)CI. The molecule has 3 rings (SSSR count). The van der Waals surface area contributed by atoms with Gasteiger partial charge >= 0.3 is 0 Å². The predicted molar refractivity (Wildman–Crippen MR) is 213 cm³/mol. The predicted octanol–water partition coefficient (Wildman–Crippen LogP) is 3.28. The van der Waals surface area contributed by atoms with Gasteiger partial charge in [-0.15, -0.1) is 0 Å². The summed E-state index contributed by atoms with van der Waals surface area (Å²) < 4.78 is 5.54. The Bertz CT molecular complexity index is 1500. The molecule has 4 amide bonds. The van der Waals surface area contributed by atoms with Gasteiger partial charge < -0.3 is 31.5 Å². The summed E-state index contributed by atoms with van der Waals surface area (Å²) in [5.41, 5.74) is 4.35. The molecule has 0 aliphatic carbocycles. The molecule has 0 saturated carbocycles. The largest absolute Gasteiger partial charge is 0.381 e. The van der Waals surface area contributed by atoms with Gasteiger partial charge in [-0.1, -0.05) is 111 Å². The van der Waals surface area contributed by atoms with E-state index in [2.05, 4.69) is 16.0 Å². The third kappa shape index (κ3) is 13.8. The number of carbonyl (C=O) groups is 5. The Hall–Kier alpha value is -3.40. The van der Waals surface area contributed by atoms with Crippen molar-refractivity contribution >= 4 is 52.0 Å². The standard InChI is InChI=1S/C40H58IN5O7/c1-27(2)22-33(35(48)39(5,52)26-41)44-36(49)31(30-14-10-7-11-15-30)24-40(38(42)51,23-28(3)4)45-37(50)32(17-16-29-12-8-6-9-13-29)43-34(47)25-46-18-20-53-21-19-46/h6-15,27-28,31-33,52H,16-26H2,1-5H3,(H2,42,51)(H,43,47)(H,44,49)(H,45,50)/t31-,32-,33-,39+,40?/m0/s1. The van der Waals surface area contributed by atoms with Gasteiger partial charge in [0.15, 0.2) is 5.78 Å². The van der Waals surface area contributed by atoms with Gasteiger partial charge in [0.25, 0.3) is 0 Å². The minimum absolute atomic E-state index is 0.0145. The number of halogens is 1. The zero-order chi connectivity index (χ0) is 39.2. The van der Waals surface area contributed by atoms with Crippen molar-refractivity contribution in [1.29, 1.82) is 0 Å². The lowest BCUT2D eigenvalue weighted by Crippen LogP contribution is -2.63. The van der Waals surface area contributed by atoms with Gasteiger partial charge in [-0.3, -0.25) is 28.9 Å². The fourth-order valence-corrected chi connectivity index (χ4v) is 7.08. The molecule has 1 aliphatic heterocycles. The van der Waals surface area contributed by atoms with Crippen LogP contribution < -0.4 is 21.7 Å². The zero-order valence-electron chi connectivity index (χ0n) is 31.7. The molecule has 0 radical (unpaired) electrons. The lowest BCUT2D eigenvalue weighted by molar-refractivity contribution is -0.139. The van der Waals surface area contributed by atoms with E-state index in [0.717, 1.165) is 5.56 Å². The van der Waals surface area contributed by atoms with Gasteiger partial charge in [-0.25, -0.2) is 0 Å². The van der Waals surface area contributed by atoms with E-state index in [1.165, 1.54) is 6.92 Å². The maximum Gasteiger partial charge on any atom is 0.243 e. The highest BCUT2D eigenvalue weighted by atomic mass is 127. The first-order chi connectivity index (χ1) is 25.1. The Balaban J connectivity index is 2.00. The van der Waals surface area contributed by atoms with Crippen LogP contribution in [-0.2, 0) is 35.1 Å². The van der Waals surface area contributed by atoms with Crippen molar-refractivity contribution in [2.45, 2.75) is 95.9 Å². The van der Waals surface area contributed by atoms with E-state index < -0.39 is 52.6 Å². The number of amides is 4. The van der Waals surface area contributed by atoms with Crippen LogP contribution in [0.3, 0.4) is 0 Å². The van der Waals surface area contributed by atoms with Gasteiger partial charge in [-0.2, -0.15) is 0 Å². The molecule has 2 aromatic carbocycles. The van der Waals surface area contributed by atoms with E-state index in [-0.39, 0.29) is 54.4 Å². The van der Waals surface area contributed by atoms with Crippen LogP contribution in [-0.4, -0.2) is 99.9 Å². The highest BCUT2D eigenvalue weighted by Crippen LogP contribution is 2.32. The molecular weight excluding hydrogens is 789 g/mol. The molecule has 2 aromatic rings. The summed E-state index contributed by atoms with van der Waals surface area (Å²) in [4.78, 5) is 71.2. The first kappa shape index (κ1) is 44.0. The molecular formula is C40H58IN5O7. The van der Waals surface area contributed by atoms with E-state index in [1.54, 1.807) is 30.3 Å².